The van der Waals surface area contributed by atoms with E-state index in [0.29, 0.717) is 11.6 Å². The molecule has 0 fully saturated rings. The van der Waals surface area contributed by atoms with Gasteiger partial charge in [0.15, 0.2) is 0 Å². The number of sulfonamides is 1. The Bertz CT molecular complexity index is 1390. The molecule has 4 rings (SSSR count). The lowest BCUT2D eigenvalue weighted by Crippen LogP contribution is -2.41. The standard InChI is InChI=1S/C23H20F3N3O2S/c1-22(2,28-32(30,31)20-8-4-7-19(14-20)23(24,25)26)18-6-3-5-16(13-18)17-9-10-21-27-11-12-29(21)15-17/h3-15,28H,1-2H3. The molecule has 9 heteroatoms. The molecule has 0 bridgehead atoms. The first-order valence-electron chi connectivity index (χ1n) is 9.71. The van der Waals surface area contributed by atoms with Crippen LogP contribution in [0, 0.1) is 0 Å². The molecule has 0 unspecified atom stereocenters. The maximum absolute atomic E-state index is 13.0. The summed E-state index contributed by atoms with van der Waals surface area (Å²) >= 11 is 0. The van der Waals surface area contributed by atoms with Crippen LogP contribution in [0.25, 0.3) is 16.8 Å². The lowest BCUT2D eigenvalue weighted by molar-refractivity contribution is -0.137. The zero-order valence-electron chi connectivity index (χ0n) is 17.3. The minimum Gasteiger partial charge on any atom is -0.306 e. The van der Waals surface area contributed by atoms with Crippen LogP contribution < -0.4 is 4.72 Å². The molecule has 0 saturated heterocycles. The van der Waals surface area contributed by atoms with Crippen LogP contribution in [0.1, 0.15) is 25.0 Å². The Balaban J connectivity index is 1.65. The lowest BCUT2D eigenvalue weighted by atomic mass is 9.92. The predicted molar refractivity (Wildman–Crippen MR) is 115 cm³/mol. The number of nitrogens with one attached hydrogen (secondary N) is 1. The minimum absolute atomic E-state index is 0.442. The van der Waals surface area contributed by atoms with E-state index >= 15 is 0 Å². The first-order chi connectivity index (χ1) is 15.0. The number of hydrogen-bond acceptors (Lipinski definition) is 3. The van der Waals surface area contributed by atoms with Crippen LogP contribution in [-0.2, 0) is 21.7 Å². The van der Waals surface area contributed by atoms with E-state index in [4.69, 9.17) is 0 Å². The summed E-state index contributed by atoms with van der Waals surface area (Å²) in [6, 6.07) is 14.8. The van der Waals surface area contributed by atoms with Crippen LogP contribution in [-0.4, -0.2) is 17.8 Å². The van der Waals surface area contributed by atoms with Gasteiger partial charge in [0.2, 0.25) is 10.0 Å². The number of rotatable bonds is 5. The van der Waals surface area contributed by atoms with Crippen LogP contribution in [0.15, 0.2) is 84.1 Å². The summed E-state index contributed by atoms with van der Waals surface area (Å²) in [5, 5.41) is 0. The third kappa shape index (κ3) is 4.39. The van der Waals surface area contributed by atoms with Gasteiger partial charge in [0.1, 0.15) is 5.65 Å². The Kier molecular flexibility index (Phi) is 5.34. The summed E-state index contributed by atoms with van der Waals surface area (Å²) < 4.78 is 69.2. The molecule has 1 N–H and O–H groups in total. The fourth-order valence-electron chi connectivity index (χ4n) is 3.47. The largest absolute Gasteiger partial charge is 0.416 e. The first-order valence-corrected chi connectivity index (χ1v) is 11.2. The summed E-state index contributed by atoms with van der Waals surface area (Å²) in [5.74, 6) is 0. The molecule has 0 aliphatic heterocycles. The molecular weight excluding hydrogens is 439 g/mol. The number of nitrogens with zero attached hydrogens (tertiary/aromatic N) is 2. The number of benzene rings is 2. The molecule has 5 nitrogen and oxygen atoms in total. The van der Waals surface area contributed by atoms with E-state index in [9.17, 15) is 21.6 Å². The van der Waals surface area contributed by atoms with Gasteiger partial charge in [-0.3, -0.25) is 0 Å². The quantitative estimate of drug-likeness (QED) is 0.444. The normalized spacial score (nSPS) is 12.9. The summed E-state index contributed by atoms with van der Waals surface area (Å²) in [6.45, 7) is 3.33. The molecule has 4 aromatic rings. The third-order valence-electron chi connectivity index (χ3n) is 5.17. The molecule has 32 heavy (non-hydrogen) atoms. The Morgan fingerprint density at radius 2 is 1.62 bits per heavy atom. The average Bonchev–Trinajstić information content (AvgIpc) is 3.20. The van der Waals surface area contributed by atoms with Crippen molar-refractivity contribution in [2.75, 3.05) is 0 Å². The van der Waals surface area contributed by atoms with Crippen LogP contribution in [0.4, 0.5) is 13.2 Å². The molecule has 0 amide bonds. The Morgan fingerprint density at radius 3 is 2.38 bits per heavy atom. The average molecular weight is 459 g/mol. The highest BCUT2D eigenvalue weighted by Gasteiger charge is 2.33. The number of fused-ring (bicyclic) bond motifs is 1. The number of alkyl halides is 3. The third-order valence-corrected chi connectivity index (χ3v) is 6.82. The highest BCUT2D eigenvalue weighted by Crippen LogP contribution is 2.32. The first kappa shape index (κ1) is 22.0. The predicted octanol–water partition coefficient (Wildman–Crippen LogP) is 5.23. The van der Waals surface area contributed by atoms with Crippen LogP contribution in [0.3, 0.4) is 0 Å². The van der Waals surface area contributed by atoms with Crippen molar-refractivity contribution in [1.82, 2.24) is 14.1 Å². The second-order valence-corrected chi connectivity index (χ2v) is 9.63. The molecule has 2 aromatic carbocycles. The second kappa shape index (κ2) is 7.75. The van der Waals surface area contributed by atoms with Gasteiger partial charge in [-0.05, 0) is 66.9 Å². The van der Waals surface area contributed by atoms with Crippen molar-refractivity contribution in [1.29, 1.82) is 0 Å². The SMILES string of the molecule is CC(C)(NS(=O)(=O)c1cccc(C(F)(F)F)c1)c1cccc(-c2ccc3nccn3c2)c1. The van der Waals surface area contributed by atoms with Crippen molar-refractivity contribution in [2.45, 2.75) is 30.5 Å². The molecular formula is C23H20F3N3O2S. The minimum atomic E-state index is -4.63. The van der Waals surface area contributed by atoms with E-state index in [0.717, 1.165) is 35.0 Å². The summed E-state index contributed by atoms with van der Waals surface area (Å²) in [7, 11) is -4.21. The van der Waals surface area contributed by atoms with Gasteiger partial charge in [0, 0.05) is 18.6 Å². The number of halogens is 3. The smallest absolute Gasteiger partial charge is 0.306 e. The monoisotopic (exact) mass is 459 g/mol. The number of aromatic nitrogens is 2. The molecule has 0 atom stereocenters. The van der Waals surface area contributed by atoms with Crippen LogP contribution >= 0.6 is 0 Å². The van der Waals surface area contributed by atoms with Gasteiger partial charge in [-0.2, -0.15) is 13.2 Å². The molecule has 0 spiro atoms. The molecule has 2 heterocycles. The molecule has 0 saturated carbocycles. The van der Waals surface area contributed by atoms with Gasteiger partial charge in [-0.1, -0.05) is 24.3 Å². The van der Waals surface area contributed by atoms with Gasteiger partial charge in [0.25, 0.3) is 0 Å². The van der Waals surface area contributed by atoms with E-state index in [-0.39, 0.29) is 0 Å². The van der Waals surface area contributed by atoms with Gasteiger partial charge in [0.05, 0.1) is 16.0 Å². The zero-order valence-corrected chi connectivity index (χ0v) is 18.1. The van der Waals surface area contributed by atoms with Crippen molar-refractivity contribution < 1.29 is 21.6 Å². The lowest BCUT2D eigenvalue weighted by Gasteiger charge is -2.27. The van der Waals surface area contributed by atoms with Gasteiger partial charge >= 0.3 is 6.18 Å². The maximum atomic E-state index is 13.0. The fraction of sp³-hybridized carbons (Fsp3) is 0.174. The van der Waals surface area contributed by atoms with Crippen LogP contribution in [0.2, 0.25) is 0 Å². The van der Waals surface area contributed by atoms with Crippen molar-refractivity contribution in [3.63, 3.8) is 0 Å². The highest BCUT2D eigenvalue weighted by atomic mass is 32.2. The van der Waals surface area contributed by atoms with Crippen molar-refractivity contribution in [2.24, 2.45) is 0 Å². The molecule has 166 valence electrons. The highest BCUT2D eigenvalue weighted by molar-refractivity contribution is 7.89. The topological polar surface area (TPSA) is 63.5 Å². The Labute approximate surface area is 183 Å². The summed E-state index contributed by atoms with van der Waals surface area (Å²) in [4.78, 5) is 3.77. The van der Waals surface area contributed by atoms with Crippen molar-refractivity contribution in [3.8, 4) is 11.1 Å². The van der Waals surface area contributed by atoms with E-state index in [1.54, 1.807) is 26.1 Å². The van der Waals surface area contributed by atoms with E-state index < -0.39 is 32.2 Å². The van der Waals surface area contributed by atoms with Gasteiger partial charge in [-0.25, -0.2) is 18.1 Å². The zero-order chi connectivity index (χ0) is 23.1. The number of pyridine rings is 1. The van der Waals surface area contributed by atoms with Crippen molar-refractivity contribution in [3.05, 3.63) is 90.4 Å². The summed E-state index contributed by atoms with van der Waals surface area (Å²) in [6.07, 6.45) is 0.810. The molecule has 2 aromatic heterocycles. The molecule has 0 aliphatic rings. The Morgan fingerprint density at radius 1 is 0.906 bits per heavy atom. The van der Waals surface area contributed by atoms with Gasteiger partial charge < -0.3 is 4.40 Å². The summed E-state index contributed by atoms with van der Waals surface area (Å²) in [5.41, 5.74) is 1.14. The fourth-order valence-corrected chi connectivity index (χ4v) is 4.92. The molecule has 0 radical (unpaired) electrons. The second-order valence-electron chi connectivity index (χ2n) is 7.95. The van der Waals surface area contributed by atoms with Gasteiger partial charge in [-0.15, -0.1) is 0 Å². The maximum Gasteiger partial charge on any atom is 0.416 e. The van der Waals surface area contributed by atoms with E-state index in [2.05, 4.69) is 9.71 Å². The van der Waals surface area contributed by atoms with E-state index in [1.807, 2.05) is 47.1 Å². The van der Waals surface area contributed by atoms with Crippen molar-refractivity contribution >= 4 is 15.7 Å². The number of hydrogen-bond donors (Lipinski definition) is 1. The van der Waals surface area contributed by atoms with E-state index in [1.165, 1.54) is 0 Å². The van der Waals surface area contributed by atoms with Crippen LogP contribution in [0.5, 0.6) is 0 Å². The Hall–Kier alpha value is -3.17. The number of imidazole rings is 1. The molecule has 0 aliphatic carbocycles.